The van der Waals surface area contributed by atoms with Crippen LogP contribution in [-0.4, -0.2) is 50.2 Å². The average Bonchev–Trinajstić information content (AvgIpc) is 2.69. The van der Waals surface area contributed by atoms with Gasteiger partial charge >= 0.3 is 0 Å². The van der Waals surface area contributed by atoms with E-state index in [4.69, 9.17) is 0 Å². The van der Waals surface area contributed by atoms with Gasteiger partial charge in [-0.15, -0.1) is 0 Å². The van der Waals surface area contributed by atoms with Crippen LogP contribution in [0, 0.1) is 13.8 Å². The first-order chi connectivity index (χ1) is 13.9. The Bertz CT molecular complexity index is 1080. The number of pyridine rings is 1. The van der Waals surface area contributed by atoms with E-state index in [1.54, 1.807) is 0 Å². The first kappa shape index (κ1) is 19.5. The van der Waals surface area contributed by atoms with E-state index >= 15 is 0 Å². The Morgan fingerprint density at radius 1 is 1.00 bits per heavy atom. The molecule has 0 saturated carbocycles. The second-order valence-corrected chi connectivity index (χ2v) is 8.33. The molecule has 0 radical (unpaired) electrons. The molecule has 29 heavy (non-hydrogen) atoms. The summed E-state index contributed by atoms with van der Waals surface area (Å²) in [6.45, 7) is 9.14. The lowest BCUT2D eigenvalue weighted by molar-refractivity contribution is 0.313. The van der Waals surface area contributed by atoms with E-state index in [9.17, 15) is 4.79 Å². The number of hydrogen-bond acceptors (Lipinski definition) is 4. The van der Waals surface area contributed by atoms with Crippen molar-refractivity contribution >= 4 is 22.3 Å². The molecule has 1 aliphatic rings. The van der Waals surface area contributed by atoms with Crippen LogP contribution in [0.3, 0.4) is 0 Å². The topological polar surface area (TPSA) is 42.6 Å². The SMILES string of the molecule is Cc1ccc2[nH]c(=O)c(CN(C)c3ccc(N4CCN(C)CC4)cc3C)cc2c1. The van der Waals surface area contributed by atoms with E-state index in [0.29, 0.717) is 6.54 Å². The van der Waals surface area contributed by atoms with E-state index in [-0.39, 0.29) is 5.56 Å². The van der Waals surface area contributed by atoms with Crippen LogP contribution >= 0.6 is 0 Å². The Labute approximate surface area is 172 Å². The highest BCUT2D eigenvalue weighted by Gasteiger charge is 2.16. The fourth-order valence-electron chi connectivity index (χ4n) is 4.16. The van der Waals surface area contributed by atoms with Gasteiger partial charge in [0.05, 0.1) is 0 Å². The van der Waals surface area contributed by atoms with Crippen LogP contribution in [0.1, 0.15) is 16.7 Å². The predicted octanol–water partition coefficient (Wildman–Crippen LogP) is 3.53. The minimum atomic E-state index is -0.0140. The van der Waals surface area contributed by atoms with Gasteiger partial charge in [0.2, 0.25) is 0 Å². The molecule has 0 aliphatic carbocycles. The van der Waals surface area contributed by atoms with Gasteiger partial charge in [-0.3, -0.25) is 4.79 Å². The summed E-state index contributed by atoms with van der Waals surface area (Å²) in [5.41, 5.74) is 6.53. The number of rotatable bonds is 4. The summed E-state index contributed by atoms with van der Waals surface area (Å²) < 4.78 is 0. The van der Waals surface area contributed by atoms with Crippen LogP contribution in [0.4, 0.5) is 11.4 Å². The number of fused-ring (bicyclic) bond motifs is 1. The molecule has 152 valence electrons. The number of likely N-dealkylation sites (N-methyl/N-ethyl adjacent to an activating group) is 1. The molecule has 1 N–H and O–H groups in total. The highest BCUT2D eigenvalue weighted by atomic mass is 16.1. The summed E-state index contributed by atoms with van der Waals surface area (Å²) in [5.74, 6) is 0. The molecule has 0 atom stereocenters. The lowest BCUT2D eigenvalue weighted by Crippen LogP contribution is -2.44. The minimum absolute atomic E-state index is 0.0140. The summed E-state index contributed by atoms with van der Waals surface area (Å²) in [6.07, 6.45) is 0. The molecule has 0 bridgehead atoms. The molecule has 0 amide bonds. The van der Waals surface area contributed by atoms with Gasteiger partial charge in [0.25, 0.3) is 5.56 Å². The van der Waals surface area contributed by atoms with Crippen molar-refractivity contribution in [2.45, 2.75) is 20.4 Å². The molecule has 4 rings (SSSR count). The number of piperazine rings is 1. The van der Waals surface area contributed by atoms with Gasteiger partial charge in [-0.2, -0.15) is 0 Å². The zero-order valence-corrected chi connectivity index (χ0v) is 17.8. The van der Waals surface area contributed by atoms with Gasteiger partial charge in [0.15, 0.2) is 0 Å². The minimum Gasteiger partial charge on any atom is -0.370 e. The maximum absolute atomic E-state index is 12.6. The Morgan fingerprint density at radius 2 is 1.76 bits per heavy atom. The van der Waals surface area contributed by atoms with Gasteiger partial charge < -0.3 is 19.7 Å². The molecule has 3 aromatic rings. The fraction of sp³-hybridized carbons (Fsp3) is 0.375. The first-order valence-corrected chi connectivity index (χ1v) is 10.3. The number of nitrogens with zero attached hydrogens (tertiary/aromatic N) is 3. The number of H-pyrrole nitrogens is 1. The molecule has 0 spiro atoms. The zero-order valence-electron chi connectivity index (χ0n) is 17.8. The normalized spacial score (nSPS) is 15.1. The zero-order chi connectivity index (χ0) is 20.5. The van der Waals surface area contributed by atoms with Crippen LogP contribution in [0.25, 0.3) is 10.9 Å². The van der Waals surface area contributed by atoms with Crippen molar-refractivity contribution in [3.8, 4) is 0 Å². The van der Waals surface area contributed by atoms with Gasteiger partial charge in [-0.1, -0.05) is 11.6 Å². The predicted molar refractivity (Wildman–Crippen MR) is 122 cm³/mol. The van der Waals surface area contributed by atoms with Crippen molar-refractivity contribution in [2.24, 2.45) is 0 Å². The molecule has 1 aromatic heterocycles. The maximum Gasteiger partial charge on any atom is 0.253 e. The molecule has 2 aromatic carbocycles. The quantitative estimate of drug-likeness (QED) is 0.740. The monoisotopic (exact) mass is 390 g/mol. The molecule has 2 heterocycles. The van der Waals surface area contributed by atoms with Crippen LogP contribution in [0.5, 0.6) is 0 Å². The molecule has 5 nitrogen and oxygen atoms in total. The number of aromatic nitrogens is 1. The third-order valence-electron chi connectivity index (χ3n) is 5.94. The van der Waals surface area contributed by atoms with Crippen LogP contribution < -0.4 is 15.4 Å². The van der Waals surface area contributed by atoms with Gasteiger partial charge in [0, 0.05) is 62.2 Å². The first-order valence-electron chi connectivity index (χ1n) is 10.3. The third-order valence-corrected chi connectivity index (χ3v) is 5.94. The Balaban J connectivity index is 1.55. The summed E-state index contributed by atoms with van der Waals surface area (Å²) in [4.78, 5) is 22.6. The van der Waals surface area contributed by atoms with Gasteiger partial charge in [-0.05, 0) is 68.2 Å². The second kappa shape index (κ2) is 7.91. The molecular weight excluding hydrogens is 360 g/mol. The largest absolute Gasteiger partial charge is 0.370 e. The van der Waals surface area contributed by atoms with E-state index in [1.165, 1.54) is 16.8 Å². The van der Waals surface area contributed by atoms with Gasteiger partial charge in [-0.25, -0.2) is 0 Å². The summed E-state index contributed by atoms with van der Waals surface area (Å²) in [5, 5.41) is 1.08. The molecule has 1 aliphatic heterocycles. The number of aryl methyl sites for hydroxylation is 2. The Morgan fingerprint density at radius 3 is 2.48 bits per heavy atom. The van der Waals surface area contributed by atoms with E-state index in [1.807, 2.05) is 18.2 Å². The maximum atomic E-state index is 12.6. The molecule has 5 heteroatoms. The number of aromatic amines is 1. The summed E-state index contributed by atoms with van der Waals surface area (Å²) in [6, 6.07) is 14.8. The summed E-state index contributed by atoms with van der Waals surface area (Å²) in [7, 11) is 4.23. The molecule has 1 saturated heterocycles. The Kier molecular flexibility index (Phi) is 5.33. The van der Waals surface area contributed by atoms with Crippen LogP contribution in [0.2, 0.25) is 0 Å². The Hall–Kier alpha value is -2.79. The van der Waals surface area contributed by atoms with Crippen LogP contribution in [0.15, 0.2) is 47.3 Å². The second-order valence-electron chi connectivity index (χ2n) is 8.33. The van der Waals surface area contributed by atoms with Crippen molar-refractivity contribution in [3.63, 3.8) is 0 Å². The molecule has 1 fully saturated rings. The lowest BCUT2D eigenvalue weighted by atomic mass is 10.1. The number of anilines is 2. The van der Waals surface area contributed by atoms with E-state index < -0.39 is 0 Å². The highest BCUT2D eigenvalue weighted by Crippen LogP contribution is 2.26. The van der Waals surface area contributed by atoms with Crippen LogP contribution in [-0.2, 0) is 6.54 Å². The molecular formula is C24H30N4O. The average molecular weight is 391 g/mol. The summed E-state index contributed by atoms with van der Waals surface area (Å²) >= 11 is 0. The van der Waals surface area contributed by atoms with Crippen molar-refractivity contribution in [1.82, 2.24) is 9.88 Å². The standard InChI is InChI=1S/C24H30N4O/c1-17-5-7-22-19(13-17)15-20(24(29)25-22)16-27(4)23-8-6-21(14-18(23)2)28-11-9-26(3)10-12-28/h5-8,13-15H,9-12,16H2,1-4H3,(H,25,29). The highest BCUT2D eigenvalue weighted by molar-refractivity contribution is 5.79. The lowest BCUT2D eigenvalue weighted by Gasteiger charge is -2.34. The van der Waals surface area contributed by atoms with E-state index in [0.717, 1.165) is 48.3 Å². The number of hydrogen-bond donors (Lipinski definition) is 1. The van der Waals surface area contributed by atoms with Crippen molar-refractivity contribution in [2.75, 3.05) is 50.1 Å². The van der Waals surface area contributed by atoms with E-state index in [2.05, 4.69) is 71.9 Å². The molecule has 0 unspecified atom stereocenters. The van der Waals surface area contributed by atoms with Crippen molar-refractivity contribution in [3.05, 3.63) is 69.5 Å². The number of nitrogens with one attached hydrogen (secondary N) is 1. The van der Waals surface area contributed by atoms with Crippen molar-refractivity contribution < 1.29 is 0 Å². The number of benzene rings is 2. The smallest absolute Gasteiger partial charge is 0.253 e. The third kappa shape index (κ3) is 4.15. The van der Waals surface area contributed by atoms with Crippen molar-refractivity contribution in [1.29, 1.82) is 0 Å². The fourth-order valence-corrected chi connectivity index (χ4v) is 4.16. The van der Waals surface area contributed by atoms with Gasteiger partial charge in [0.1, 0.15) is 0 Å².